The van der Waals surface area contributed by atoms with E-state index in [-0.39, 0.29) is 5.97 Å². The van der Waals surface area contributed by atoms with Crippen LogP contribution in [-0.4, -0.2) is 25.8 Å². The first kappa shape index (κ1) is 25.4. The van der Waals surface area contributed by atoms with Gasteiger partial charge in [-0.25, -0.2) is 0 Å². The second-order valence-corrected chi connectivity index (χ2v) is 8.04. The van der Waals surface area contributed by atoms with E-state index in [0.29, 0.717) is 25.6 Å². The van der Waals surface area contributed by atoms with Gasteiger partial charge in [0, 0.05) is 6.61 Å². The molecule has 0 aliphatic rings. The summed E-state index contributed by atoms with van der Waals surface area (Å²) in [4.78, 5) is 11.6. The van der Waals surface area contributed by atoms with Gasteiger partial charge in [0.1, 0.15) is 0 Å². The van der Waals surface area contributed by atoms with Crippen molar-refractivity contribution in [2.75, 3.05) is 19.8 Å². The average Bonchev–Trinajstić information content (AvgIpc) is 2.64. The summed E-state index contributed by atoms with van der Waals surface area (Å²) in [6, 6.07) is 0. The zero-order valence-electron chi connectivity index (χ0n) is 18.2. The Labute approximate surface area is 163 Å². The Hall–Kier alpha value is -0.570. The monoisotopic (exact) mass is 370 g/mol. The zero-order valence-corrected chi connectivity index (χ0v) is 18.2. The van der Waals surface area contributed by atoms with E-state index in [1.807, 2.05) is 0 Å². The zero-order chi connectivity index (χ0) is 19.5. The molecule has 0 rings (SSSR count). The van der Waals surface area contributed by atoms with Gasteiger partial charge in [0.05, 0.1) is 19.6 Å². The lowest BCUT2D eigenvalue weighted by atomic mass is 9.96. The molecule has 0 heterocycles. The molecule has 0 aromatic carbocycles. The highest BCUT2D eigenvalue weighted by Gasteiger charge is 2.06. The molecule has 2 unspecified atom stereocenters. The van der Waals surface area contributed by atoms with Crippen molar-refractivity contribution >= 4 is 5.97 Å². The van der Waals surface area contributed by atoms with Gasteiger partial charge in [0.2, 0.25) is 0 Å². The van der Waals surface area contributed by atoms with Gasteiger partial charge >= 0.3 is 5.97 Å². The van der Waals surface area contributed by atoms with Crippen LogP contribution in [0.15, 0.2) is 0 Å². The fraction of sp³-hybridized carbons (Fsp3) is 0.957. The van der Waals surface area contributed by atoms with Crippen LogP contribution in [0.3, 0.4) is 0 Å². The maximum atomic E-state index is 11.6. The molecule has 0 bridgehead atoms. The predicted molar refractivity (Wildman–Crippen MR) is 111 cm³/mol. The van der Waals surface area contributed by atoms with E-state index in [9.17, 15) is 4.79 Å². The molecule has 0 aromatic rings. The number of ether oxygens (including phenoxy) is 2. The van der Waals surface area contributed by atoms with E-state index >= 15 is 0 Å². The summed E-state index contributed by atoms with van der Waals surface area (Å²) < 4.78 is 10.9. The predicted octanol–water partition coefficient (Wildman–Crippen LogP) is 6.93. The molecule has 0 amide bonds. The summed E-state index contributed by atoms with van der Waals surface area (Å²) >= 11 is 0. The van der Waals surface area contributed by atoms with E-state index < -0.39 is 0 Å². The summed E-state index contributed by atoms with van der Waals surface area (Å²) in [5, 5.41) is 0. The Morgan fingerprint density at radius 1 is 0.731 bits per heavy atom. The van der Waals surface area contributed by atoms with Gasteiger partial charge in [0.25, 0.3) is 0 Å². The normalized spacial score (nSPS) is 13.5. The minimum Gasteiger partial charge on any atom is -0.466 e. The van der Waals surface area contributed by atoms with Crippen molar-refractivity contribution in [1.29, 1.82) is 0 Å². The summed E-state index contributed by atoms with van der Waals surface area (Å²) in [5.41, 5.74) is 0. The number of carbonyl (C=O) groups excluding carboxylic acids is 1. The van der Waals surface area contributed by atoms with Gasteiger partial charge < -0.3 is 9.47 Å². The number of hydrogen-bond donors (Lipinski definition) is 0. The molecule has 0 fully saturated rings. The molecule has 0 spiro atoms. The number of unbranched alkanes of at least 4 members (excludes halogenated alkanes) is 6. The van der Waals surface area contributed by atoms with Crippen LogP contribution in [0.25, 0.3) is 0 Å². The number of carbonyl (C=O) groups is 1. The van der Waals surface area contributed by atoms with Crippen LogP contribution in [-0.2, 0) is 14.3 Å². The first-order chi connectivity index (χ1) is 12.6. The molecule has 0 saturated heterocycles. The van der Waals surface area contributed by atoms with E-state index in [0.717, 1.165) is 25.4 Å². The number of hydrogen-bond acceptors (Lipinski definition) is 3. The molecule has 0 radical (unpaired) electrons. The third-order valence-corrected chi connectivity index (χ3v) is 5.31. The summed E-state index contributed by atoms with van der Waals surface area (Å²) in [5.74, 6) is 1.47. The molecule has 0 saturated carbocycles. The number of esters is 1. The van der Waals surface area contributed by atoms with E-state index in [4.69, 9.17) is 9.47 Å². The standard InChI is InChI=1S/C23H46O3/c1-5-7-8-9-10-13-18-26-23(24)17-20-25-19-16-22(4)15-12-11-14-21(3)6-2/h21-22H,5-20H2,1-4H3. The molecule has 0 aliphatic carbocycles. The Kier molecular flexibility index (Phi) is 18.8. The van der Waals surface area contributed by atoms with E-state index in [1.165, 1.54) is 64.2 Å². The maximum absolute atomic E-state index is 11.6. The molecule has 2 atom stereocenters. The highest BCUT2D eigenvalue weighted by atomic mass is 16.5. The average molecular weight is 371 g/mol. The highest BCUT2D eigenvalue weighted by Crippen LogP contribution is 2.17. The van der Waals surface area contributed by atoms with Crippen LogP contribution in [0.2, 0.25) is 0 Å². The topological polar surface area (TPSA) is 35.5 Å². The summed E-state index contributed by atoms with van der Waals surface area (Å²) in [7, 11) is 0. The Bertz CT molecular complexity index is 304. The van der Waals surface area contributed by atoms with Gasteiger partial charge in [-0.2, -0.15) is 0 Å². The SMILES string of the molecule is CCCCCCCCOC(=O)CCOCCC(C)CCCCC(C)CC. The van der Waals surface area contributed by atoms with Gasteiger partial charge in [-0.1, -0.05) is 91.9 Å². The van der Waals surface area contributed by atoms with Crippen molar-refractivity contribution in [1.82, 2.24) is 0 Å². The molecule has 0 aromatic heterocycles. The Morgan fingerprint density at radius 3 is 2.08 bits per heavy atom. The van der Waals surface area contributed by atoms with Crippen molar-refractivity contribution in [2.24, 2.45) is 11.8 Å². The molecule has 0 aliphatic heterocycles. The van der Waals surface area contributed by atoms with Crippen molar-refractivity contribution < 1.29 is 14.3 Å². The molecule has 3 heteroatoms. The lowest BCUT2D eigenvalue weighted by Gasteiger charge is -2.13. The van der Waals surface area contributed by atoms with Gasteiger partial charge in [-0.05, 0) is 24.7 Å². The van der Waals surface area contributed by atoms with Crippen LogP contribution >= 0.6 is 0 Å². The summed E-state index contributed by atoms with van der Waals surface area (Å²) in [6.45, 7) is 11.0. The maximum Gasteiger partial charge on any atom is 0.308 e. The molecular weight excluding hydrogens is 324 g/mol. The van der Waals surface area contributed by atoms with Gasteiger partial charge in [-0.3, -0.25) is 4.79 Å². The summed E-state index contributed by atoms with van der Waals surface area (Å²) in [6.07, 6.45) is 15.4. The minimum atomic E-state index is -0.114. The van der Waals surface area contributed by atoms with Crippen LogP contribution < -0.4 is 0 Å². The molecule has 156 valence electrons. The van der Waals surface area contributed by atoms with Crippen LogP contribution in [0.1, 0.15) is 111 Å². The van der Waals surface area contributed by atoms with Crippen LogP contribution in [0.5, 0.6) is 0 Å². The quantitative estimate of drug-likeness (QED) is 0.183. The van der Waals surface area contributed by atoms with Gasteiger partial charge in [0.15, 0.2) is 0 Å². The largest absolute Gasteiger partial charge is 0.466 e. The second kappa shape index (κ2) is 19.2. The van der Waals surface area contributed by atoms with E-state index in [2.05, 4.69) is 27.7 Å². The van der Waals surface area contributed by atoms with Crippen LogP contribution in [0.4, 0.5) is 0 Å². The second-order valence-electron chi connectivity index (χ2n) is 8.04. The molecule has 26 heavy (non-hydrogen) atoms. The van der Waals surface area contributed by atoms with Crippen LogP contribution in [0, 0.1) is 11.8 Å². The van der Waals surface area contributed by atoms with Crippen molar-refractivity contribution in [3.05, 3.63) is 0 Å². The first-order valence-corrected chi connectivity index (χ1v) is 11.3. The smallest absolute Gasteiger partial charge is 0.308 e. The van der Waals surface area contributed by atoms with E-state index in [1.54, 1.807) is 0 Å². The Balaban J connectivity index is 3.33. The van der Waals surface area contributed by atoms with Crippen molar-refractivity contribution in [3.8, 4) is 0 Å². The van der Waals surface area contributed by atoms with Gasteiger partial charge in [-0.15, -0.1) is 0 Å². The molecule has 0 N–H and O–H groups in total. The molecular formula is C23H46O3. The first-order valence-electron chi connectivity index (χ1n) is 11.3. The molecule has 3 nitrogen and oxygen atoms in total. The lowest BCUT2D eigenvalue weighted by molar-refractivity contribution is -0.145. The lowest BCUT2D eigenvalue weighted by Crippen LogP contribution is -2.10. The highest BCUT2D eigenvalue weighted by molar-refractivity contribution is 5.69. The fourth-order valence-corrected chi connectivity index (χ4v) is 3.02. The third-order valence-electron chi connectivity index (χ3n) is 5.31. The van der Waals surface area contributed by atoms with Crippen molar-refractivity contribution in [3.63, 3.8) is 0 Å². The Morgan fingerprint density at radius 2 is 1.38 bits per heavy atom. The van der Waals surface area contributed by atoms with Crippen molar-refractivity contribution in [2.45, 2.75) is 111 Å². The minimum absolute atomic E-state index is 0.114. The fourth-order valence-electron chi connectivity index (χ4n) is 3.02. The number of rotatable bonds is 19. The third kappa shape index (κ3) is 18.2.